The van der Waals surface area contributed by atoms with Crippen molar-refractivity contribution in [2.24, 2.45) is 5.92 Å². The Morgan fingerprint density at radius 1 is 1.37 bits per heavy atom. The lowest BCUT2D eigenvalue weighted by Gasteiger charge is -2.20. The zero-order valence-electron chi connectivity index (χ0n) is 10.6. The molecule has 2 atom stereocenters. The Balaban J connectivity index is 2.91. The molecular weight excluding hydrogens is 256 g/mol. The minimum Gasteiger partial charge on any atom is -0.480 e. The summed E-state index contributed by atoms with van der Waals surface area (Å²) < 4.78 is 26.1. The predicted octanol–water partition coefficient (Wildman–Crippen LogP) is 2.19. The molecular formula is C13H15F2NO3. The Hall–Kier alpha value is -1.98. The van der Waals surface area contributed by atoms with E-state index in [0.29, 0.717) is 12.5 Å². The standard InChI is InChI=1S/C13H15F2NO3/c1-3-7(2)11(13(18)19)16-12(17)9-5-4-8(14)6-10(9)15/h4-7,11H,3H2,1-2H3,(H,16,17)(H,18,19)/t7-,11+/m1/s1. The van der Waals surface area contributed by atoms with Crippen molar-refractivity contribution in [1.29, 1.82) is 0 Å². The highest BCUT2D eigenvalue weighted by molar-refractivity contribution is 5.96. The lowest BCUT2D eigenvalue weighted by atomic mass is 9.99. The van der Waals surface area contributed by atoms with Gasteiger partial charge >= 0.3 is 5.97 Å². The summed E-state index contributed by atoms with van der Waals surface area (Å²) in [5.41, 5.74) is -0.379. The summed E-state index contributed by atoms with van der Waals surface area (Å²) in [6.07, 6.45) is 0.545. The Morgan fingerprint density at radius 3 is 2.47 bits per heavy atom. The van der Waals surface area contributed by atoms with Crippen LogP contribution in [0.3, 0.4) is 0 Å². The molecule has 0 aliphatic heterocycles. The monoisotopic (exact) mass is 271 g/mol. The van der Waals surface area contributed by atoms with Crippen LogP contribution in [-0.4, -0.2) is 23.0 Å². The molecule has 19 heavy (non-hydrogen) atoms. The number of hydrogen-bond acceptors (Lipinski definition) is 2. The third kappa shape index (κ3) is 3.74. The van der Waals surface area contributed by atoms with Crippen LogP contribution in [0.1, 0.15) is 30.6 Å². The molecule has 0 radical (unpaired) electrons. The first kappa shape index (κ1) is 15.1. The molecule has 0 saturated heterocycles. The van der Waals surface area contributed by atoms with Crippen molar-refractivity contribution in [3.63, 3.8) is 0 Å². The molecule has 0 unspecified atom stereocenters. The minimum atomic E-state index is -1.19. The Kier molecular flexibility index (Phi) is 4.97. The van der Waals surface area contributed by atoms with Crippen LogP contribution in [0.15, 0.2) is 18.2 Å². The SMILES string of the molecule is CC[C@@H](C)[C@H](NC(=O)c1ccc(F)cc1F)C(=O)O. The van der Waals surface area contributed by atoms with Crippen LogP contribution in [-0.2, 0) is 4.79 Å². The summed E-state index contributed by atoms with van der Waals surface area (Å²) in [4.78, 5) is 22.8. The molecule has 0 fully saturated rings. The Bertz CT molecular complexity index is 491. The quantitative estimate of drug-likeness (QED) is 0.862. The van der Waals surface area contributed by atoms with Crippen LogP contribution in [0.2, 0.25) is 0 Å². The second kappa shape index (κ2) is 6.26. The first-order valence-electron chi connectivity index (χ1n) is 5.85. The fraction of sp³-hybridized carbons (Fsp3) is 0.385. The van der Waals surface area contributed by atoms with E-state index in [0.717, 1.165) is 12.1 Å². The maximum Gasteiger partial charge on any atom is 0.326 e. The number of hydrogen-bond donors (Lipinski definition) is 2. The molecule has 1 aromatic carbocycles. The highest BCUT2D eigenvalue weighted by Crippen LogP contribution is 2.12. The average Bonchev–Trinajstić information content (AvgIpc) is 2.34. The number of aliphatic carboxylic acids is 1. The van der Waals surface area contributed by atoms with E-state index in [9.17, 15) is 18.4 Å². The summed E-state index contributed by atoms with van der Waals surface area (Å²) in [6, 6.07) is 1.39. The van der Waals surface area contributed by atoms with E-state index >= 15 is 0 Å². The molecule has 1 amide bonds. The second-order valence-electron chi connectivity index (χ2n) is 4.30. The number of halogens is 2. The van der Waals surface area contributed by atoms with Crippen molar-refractivity contribution in [3.8, 4) is 0 Å². The smallest absolute Gasteiger partial charge is 0.326 e. The van der Waals surface area contributed by atoms with E-state index in [4.69, 9.17) is 5.11 Å². The molecule has 6 heteroatoms. The molecule has 1 aromatic rings. The maximum atomic E-state index is 13.4. The molecule has 0 saturated carbocycles. The van der Waals surface area contributed by atoms with Gasteiger partial charge in [-0.2, -0.15) is 0 Å². The van der Waals surface area contributed by atoms with Gasteiger partial charge < -0.3 is 10.4 Å². The average molecular weight is 271 g/mol. The molecule has 0 aliphatic rings. The van der Waals surface area contributed by atoms with Gasteiger partial charge in [0.15, 0.2) is 0 Å². The third-order valence-electron chi connectivity index (χ3n) is 2.94. The van der Waals surface area contributed by atoms with Gasteiger partial charge in [-0.3, -0.25) is 4.79 Å². The van der Waals surface area contributed by atoms with Crippen molar-refractivity contribution in [2.45, 2.75) is 26.3 Å². The van der Waals surface area contributed by atoms with Crippen molar-refractivity contribution in [2.75, 3.05) is 0 Å². The lowest BCUT2D eigenvalue weighted by Crippen LogP contribution is -2.45. The Morgan fingerprint density at radius 2 is 2.00 bits per heavy atom. The highest BCUT2D eigenvalue weighted by atomic mass is 19.1. The number of carbonyl (C=O) groups excluding carboxylic acids is 1. The van der Waals surface area contributed by atoms with Crippen LogP contribution in [0, 0.1) is 17.6 Å². The van der Waals surface area contributed by atoms with Gasteiger partial charge in [-0.1, -0.05) is 20.3 Å². The third-order valence-corrected chi connectivity index (χ3v) is 2.94. The van der Waals surface area contributed by atoms with Gasteiger partial charge in [0.1, 0.15) is 17.7 Å². The fourth-order valence-corrected chi connectivity index (χ4v) is 1.58. The first-order valence-corrected chi connectivity index (χ1v) is 5.85. The first-order chi connectivity index (χ1) is 8.86. The van der Waals surface area contributed by atoms with E-state index in [1.165, 1.54) is 0 Å². The maximum absolute atomic E-state index is 13.4. The normalized spacial score (nSPS) is 13.7. The Labute approximate surface area is 109 Å². The number of carboxylic acid groups (broad SMARTS) is 1. The molecule has 0 aromatic heterocycles. The zero-order valence-corrected chi connectivity index (χ0v) is 10.6. The number of carboxylic acids is 1. The van der Waals surface area contributed by atoms with Crippen LogP contribution < -0.4 is 5.32 Å². The van der Waals surface area contributed by atoms with Crippen LogP contribution in [0.4, 0.5) is 8.78 Å². The van der Waals surface area contributed by atoms with Crippen LogP contribution >= 0.6 is 0 Å². The lowest BCUT2D eigenvalue weighted by molar-refractivity contribution is -0.140. The molecule has 0 spiro atoms. The molecule has 2 N–H and O–H groups in total. The number of carbonyl (C=O) groups is 2. The zero-order chi connectivity index (χ0) is 14.6. The summed E-state index contributed by atoms with van der Waals surface area (Å²) in [5, 5.41) is 11.3. The van der Waals surface area contributed by atoms with Crippen LogP contribution in [0.25, 0.3) is 0 Å². The summed E-state index contributed by atoms with van der Waals surface area (Å²) in [5.74, 6) is -4.18. The molecule has 1 rings (SSSR count). The topological polar surface area (TPSA) is 66.4 Å². The van der Waals surface area contributed by atoms with E-state index in [1.807, 2.05) is 0 Å². The van der Waals surface area contributed by atoms with E-state index in [1.54, 1.807) is 13.8 Å². The number of benzene rings is 1. The van der Waals surface area contributed by atoms with E-state index in [2.05, 4.69) is 5.32 Å². The second-order valence-corrected chi connectivity index (χ2v) is 4.30. The van der Waals surface area contributed by atoms with Gasteiger partial charge in [-0.25, -0.2) is 13.6 Å². The summed E-state index contributed by atoms with van der Waals surface area (Å²) in [6.45, 7) is 3.45. The van der Waals surface area contributed by atoms with Crippen molar-refractivity contribution < 1.29 is 23.5 Å². The highest BCUT2D eigenvalue weighted by Gasteiger charge is 2.26. The van der Waals surface area contributed by atoms with Gasteiger partial charge in [-0.15, -0.1) is 0 Å². The minimum absolute atomic E-state index is 0.301. The van der Waals surface area contributed by atoms with Gasteiger partial charge in [0.05, 0.1) is 5.56 Å². The number of nitrogens with one attached hydrogen (secondary N) is 1. The molecule has 104 valence electrons. The van der Waals surface area contributed by atoms with Gasteiger partial charge in [0, 0.05) is 6.07 Å². The fourth-order valence-electron chi connectivity index (χ4n) is 1.58. The molecule has 0 aliphatic carbocycles. The van der Waals surface area contributed by atoms with Gasteiger partial charge in [-0.05, 0) is 18.1 Å². The van der Waals surface area contributed by atoms with Crippen LogP contribution in [0.5, 0.6) is 0 Å². The van der Waals surface area contributed by atoms with Gasteiger partial charge in [0.25, 0.3) is 5.91 Å². The van der Waals surface area contributed by atoms with Crippen molar-refractivity contribution >= 4 is 11.9 Å². The predicted molar refractivity (Wildman–Crippen MR) is 64.7 cm³/mol. The molecule has 0 bridgehead atoms. The number of amides is 1. The van der Waals surface area contributed by atoms with Crippen molar-refractivity contribution in [1.82, 2.24) is 5.32 Å². The van der Waals surface area contributed by atoms with E-state index in [-0.39, 0.29) is 11.5 Å². The van der Waals surface area contributed by atoms with Gasteiger partial charge in [0.2, 0.25) is 0 Å². The molecule has 0 heterocycles. The summed E-state index contributed by atoms with van der Waals surface area (Å²) in [7, 11) is 0. The summed E-state index contributed by atoms with van der Waals surface area (Å²) >= 11 is 0. The molecule has 4 nitrogen and oxygen atoms in total. The number of rotatable bonds is 5. The largest absolute Gasteiger partial charge is 0.480 e. The van der Waals surface area contributed by atoms with E-state index < -0.39 is 29.6 Å². The van der Waals surface area contributed by atoms with Crippen molar-refractivity contribution in [3.05, 3.63) is 35.4 Å².